The van der Waals surface area contributed by atoms with E-state index in [1.54, 1.807) is 0 Å². The van der Waals surface area contributed by atoms with Crippen molar-refractivity contribution in [3.63, 3.8) is 0 Å². The van der Waals surface area contributed by atoms with Crippen LogP contribution < -0.4 is 5.73 Å². The summed E-state index contributed by atoms with van der Waals surface area (Å²) in [6.07, 6.45) is 7.32. The molecule has 17 heavy (non-hydrogen) atoms. The van der Waals surface area contributed by atoms with Crippen LogP contribution in [0.1, 0.15) is 43.6 Å². The fourth-order valence-corrected chi connectivity index (χ4v) is 4.14. The Labute approximate surface area is 108 Å². The molecule has 0 aromatic carbocycles. The Morgan fingerprint density at radius 2 is 2.35 bits per heavy atom. The van der Waals surface area contributed by atoms with Crippen molar-refractivity contribution in [2.75, 3.05) is 6.54 Å². The van der Waals surface area contributed by atoms with Gasteiger partial charge in [0.1, 0.15) is 0 Å². The van der Waals surface area contributed by atoms with E-state index in [1.165, 1.54) is 25.7 Å². The summed E-state index contributed by atoms with van der Waals surface area (Å²) in [6, 6.07) is 6.11. The zero-order valence-electron chi connectivity index (χ0n) is 10.5. The highest BCUT2D eigenvalue weighted by Gasteiger charge is 2.23. The van der Waals surface area contributed by atoms with Gasteiger partial charge in [0.25, 0.3) is 0 Å². The molecule has 3 atom stereocenters. The number of nitrogens with two attached hydrogens (primary N) is 1. The third-order valence-electron chi connectivity index (χ3n) is 3.48. The van der Waals surface area contributed by atoms with Crippen molar-refractivity contribution in [1.82, 2.24) is 4.98 Å². The van der Waals surface area contributed by atoms with E-state index in [-0.39, 0.29) is 0 Å². The maximum Gasteiger partial charge on any atom is 0.0595 e. The lowest BCUT2D eigenvalue weighted by molar-refractivity contribution is 0.393. The van der Waals surface area contributed by atoms with E-state index >= 15 is 0 Å². The topological polar surface area (TPSA) is 38.9 Å². The average molecular weight is 250 g/mol. The van der Waals surface area contributed by atoms with Crippen molar-refractivity contribution < 1.29 is 0 Å². The van der Waals surface area contributed by atoms with Gasteiger partial charge in [-0.1, -0.05) is 25.8 Å². The van der Waals surface area contributed by atoms with Crippen molar-refractivity contribution >= 4 is 11.8 Å². The summed E-state index contributed by atoms with van der Waals surface area (Å²) in [7, 11) is 0. The number of rotatable bonds is 4. The van der Waals surface area contributed by atoms with E-state index in [0.29, 0.717) is 11.8 Å². The van der Waals surface area contributed by atoms with Crippen molar-refractivity contribution in [3.8, 4) is 0 Å². The summed E-state index contributed by atoms with van der Waals surface area (Å²) in [5.41, 5.74) is 7.03. The van der Waals surface area contributed by atoms with E-state index in [1.807, 2.05) is 24.0 Å². The van der Waals surface area contributed by atoms with Gasteiger partial charge in [0.15, 0.2) is 0 Å². The molecule has 1 aromatic heterocycles. The summed E-state index contributed by atoms with van der Waals surface area (Å²) < 4.78 is 0. The lowest BCUT2D eigenvalue weighted by atomic mass is 9.91. The maximum atomic E-state index is 5.90. The molecule has 1 aliphatic rings. The van der Waals surface area contributed by atoms with Gasteiger partial charge in [-0.15, -0.1) is 11.8 Å². The van der Waals surface area contributed by atoms with Gasteiger partial charge < -0.3 is 5.73 Å². The molecule has 3 unspecified atom stereocenters. The first kappa shape index (κ1) is 12.9. The third kappa shape index (κ3) is 3.71. The zero-order valence-corrected chi connectivity index (χ0v) is 11.3. The van der Waals surface area contributed by atoms with Crippen LogP contribution in [0.3, 0.4) is 0 Å². The Hall–Kier alpha value is -0.540. The Morgan fingerprint density at radius 1 is 1.47 bits per heavy atom. The van der Waals surface area contributed by atoms with Crippen LogP contribution in [0.5, 0.6) is 0 Å². The van der Waals surface area contributed by atoms with Gasteiger partial charge in [0.2, 0.25) is 0 Å². The van der Waals surface area contributed by atoms with Crippen molar-refractivity contribution in [1.29, 1.82) is 0 Å². The highest BCUT2D eigenvalue weighted by Crippen LogP contribution is 2.39. The molecule has 1 heterocycles. The van der Waals surface area contributed by atoms with Crippen LogP contribution in [-0.4, -0.2) is 16.8 Å². The lowest BCUT2D eigenvalue weighted by Crippen LogP contribution is -2.19. The Morgan fingerprint density at radius 3 is 3.00 bits per heavy atom. The summed E-state index contributed by atoms with van der Waals surface area (Å²) >= 11 is 2.03. The molecule has 2 nitrogen and oxygen atoms in total. The molecule has 0 aliphatic heterocycles. The molecule has 94 valence electrons. The van der Waals surface area contributed by atoms with Crippen LogP contribution in [0.4, 0.5) is 0 Å². The van der Waals surface area contributed by atoms with Gasteiger partial charge in [0, 0.05) is 18.0 Å². The fraction of sp³-hybridized carbons (Fsp3) is 0.643. The summed E-state index contributed by atoms with van der Waals surface area (Å²) in [5, 5.41) is 1.14. The standard InChI is InChI=1S/C14H22N2S/c1-11-5-4-6-12(9-11)17-14(10-15)13-7-2-3-8-16-13/h2-3,7-8,11-12,14H,4-6,9-10,15H2,1H3. The van der Waals surface area contributed by atoms with E-state index in [2.05, 4.69) is 24.0 Å². The Bertz CT molecular complexity index is 328. The molecule has 0 saturated heterocycles. The first-order chi connectivity index (χ1) is 8.29. The van der Waals surface area contributed by atoms with Crippen LogP contribution in [0.2, 0.25) is 0 Å². The Balaban J connectivity index is 1.95. The minimum Gasteiger partial charge on any atom is -0.329 e. The van der Waals surface area contributed by atoms with Gasteiger partial charge in [-0.2, -0.15) is 0 Å². The van der Waals surface area contributed by atoms with Gasteiger partial charge >= 0.3 is 0 Å². The summed E-state index contributed by atoms with van der Waals surface area (Å²) in [4.78, 5) is 4.43. The molecule has 0 bridgehead atoms. The highest BCUT2D eigenvalue weighted by molar-refractivity contribution is 8.00. The summed E-state index contributed by atoms with van der Waals surface area (Å²) in [6.45, 7) is 3.05. The molecule has 1 aromatic rings. The molecule has 0 spiro atoms. The third-order valence-corrected chi connectivity index (χ3v) is 5.05. The number of hydrogen-bond donors (Lipinski definition) is 1. The molecule has 1 aliphatic carbocycles. The zero-order chi connectivity index (χ0) is 12.1. The normalized spacial score (nSPS) is 26.7. The van der Waals surface area contributed by atoms with E-state index in [9.17, 15) is 0 Å². The van der Waals surface area contributed by atoms with Crippen molar-refractivity contribution in [2.45, 2.75) is 43.1 Å². The molecule has 2 rings (SSSR count). The molecular weight excluding hydrogens is 228 g/mol. The van der Waals surface area contributed by atoms with Crippen molar-refractivity contribution in [2.24, 2.45) is 11.7 Å². The van der Waals surface area contributed by atoms with Gasteiger partial charge in [-0.25, -0.2) is 0 Å². The second-order valence-electron chi connectivity index (χ2n) is 5.01. The molecule has 0 amide bonds. The quantitative estimate of drug-likeness (QED) is 0.890. The molecule has 1 saturated carbocycles. The predicted octanol–water partition coefficient (Wildman–Crippen LogP) is 3.39. The number of hydrogen-bond acceptors (Lipinski definition) is 3. The first-order valence-corrected chi connectivity index (χ1v) is 7.50. The molecule has 2 N–H and O–H groups in total. The minimum absolute atomic E-state index is 0.367. The monoisotopic (exact) mass is 250 g/mol. The first-order valence-electron chi connectivity index (χ1n) is 6.56. The SMILES string of the molecule is CC1CCCC(SC(CN)c2ccccn2)C1. The number of thioether (sulfide) groups is 1. The predicted molar refractivity (Wildman–Crippen MR) is 75.0 cm³/mol. The molecule has 3 heteroatoms. The highest BCUT2D eigenvalue weighted by atomic mass is 32.2. The Kier molecular flexibility index (Phi) is 4.86. The van der Waals surface area contributed by atoms with Crippen LogP contribution in [-0.2, 0) is 0 Å². The van der Waals surface area contributed by atoms with Crippen LogP contribution >= 0.6 is 11.8 Å². The number of pyridine rings is 1. The average Bonchev–Trinajstić information content (AvgIpc) is 2.37. The number of nitrogens with zero attached hydrogens (tertiary/aromatic N) is 1. The molecule has 0 radical (unpaired) electrons. The smallest absolute Gasteiger partial charge is 0.0595 e. The molecule has 1 fully saturated rings. The lowest BCUT2D eigenvalue weighted by Gasteiger charge is -2.29. The van der Waals surface area contributed by atoms with Gasteiger partial charge in [-0.3, -0.25) is 4.98 Å². The minimum atomic E-state index is 0.367. The van der Waals surface area contributed by atoms with E-state index in [4.69, 9.17) is 5.73 Å². The van der Waals surface area contributed by atoms with Gasteiger partial charge in [-0.05, 0) is 30.9 Å². The van der Waals surface area contributed by atoms with Crippen molar-refractivity contribution in [3.05, 3.63) is 30.1 Å². The van der Waals surface area contributed by atoms with E-state index < -0.39 is 0 Å². The van der Waals surface area contributed by atoms with Gasteiger partial charge in [0.05, 0.1) is 10.9 Å². The molecular formula is C14H22N2S. The second kappa shape index (κ2) is 6.41. The second-order valence-corrected chi connectivity index (χ2v) is 6.52. The van der Waals surface area contributed by atoms with Crippen LogP contribution in [0.15, 0.2) is 24.4 Å². The largest absolute Gasteiger partial charge is 0.329 e. The number of aromatic nitrogens is 1. The van der Waals surface area contributed by atoms with Crippen LogP contribution in [0.25, 0.3) is 0 Å². The summed E-state index contributed by atoms with van der Waals surface area (Å²) in [5.74, 6) is 0.878. The maximum absolute atomic E-state index is 5.90. The fourth-order valence-electron chi connectivity index (χ4n) is 2.55. The van der Waals surface area contributed by atoms with E-state index in [0.717, 1.165) is 16.9 Å². The van der Waals surface area contributed by atoms with Crippen LogP contribution in [0, 0.1) is 5.92 Å².